The van der Waals surface area contributed by atoms with Crippen molar-refractivity contribution in [1.29, 1.82) is 0 Å². The molecule has 3 nitrogen and oxygen atoms in total. The van der Waals surface area contributed by atoms with E-state index in [2.05, 4.69) is 43.8 Å². The predicted molar refractivity (Wildman–Crippen MR) is 63.6 cm³/mol. The molecule has 0 saturated carbocycles. The first-order valence-corrected chi connectivity index (χ1v) is 5.29. The number of nitrogens with zero attached hydrogens (tertiary/aromatic N) is 2. The highest BCUT2D eigenvalue weighted by atomic mass is 15.2. The lowest BCUT2D eigenvalue weighted by Gasteiger charge is -2.34. The molecule has 0 atom stereocenters. The van der Waals surface area contributed by atoms with Crippen LogP contribution in [0.25, 0.3) is 0 Å². The molecule has 1 heterocycles. The molecular formula is C12H21N3. The minimum absolute atomic E-state index is 0.0178. The number of nitrogens with two attached hydrogens (primary N) is 1. The Bertz CT molecular complexity index is 320. The fourth-order valence-corrected chi connectivity index (χ4v) is 1.28. The van der Waals surface area contributed by atoms with Crippen LogP contribution >= 0.6 is 0 Å². The highest BCUT2D eigenvalue weighted by Crippen LogP contribution is 2.14. The summed E-state index contributed by atoms with van der Waals surface area (Å²) < 4.78 is 0. The summed E-state index contributed by atoms with van der Waals surface area (Å²) in [5.41, 5.74) is 8.11. The number of likely N-dealkylation sites (N-methyl/N-ethyl adjacent to an activating group) is 1. The van der Waals surface area contributed by atoms with Gasteiger partial charge in [0.25, 0.3) is 0 Å². The van der Waals surface area contributed by atoms with Gasteiger partial charge in [-0.25, -0.2) is 0 Å². The Morgan fingerprint density at radius 1 is 1.47 bits per heavy atom. The summed E-state index contributed by atoms with van der Waals surface area (Å²) in [6, 6.07) is 4.05. The molecule has 0 saturated heterocycles. The second-order valence-electron chi connectivity index (χ2n) is 4.64. The van der Waals surface area contributed by atoms with E-state index in [-0.39, 0.29) is 5.54 Å². The van der Waals surface area contributed by atoms with Crippen LogP contribution in [-0.2, 0) is 6.54 Å². The van der Waals surface area contributed by atoms with Crippen molar-refractivity contribution in [1.82, 2.24) is 9.88 Å². The molecule has 0 aliphatic rings. The van der Waals surface area contributed by atoms with Gasteiger partial charge in [0, 0.05) is 24.8 Å². The molecule has 0 unspecified atom stereocenters. The largest absolute Gasteiger partial charge is 0.329 e. The second-order valence-corrected chi connectivity index (χ2v) is 4.64. The standard InChI is InChI=1S/C12H21N3/c1-10-6-5-7-14-11(10)8-15(4)12(2,3)9-13/h5-7H,8-9,13H2,1-4H3. The number of hydrogen-bond donors (Lipinski definition) is 1. The lowest BCUT2D eigenvalue weighted by Crippen LogP contribution is -2.46. The third-order valence-electron chi connectivity index (χ3n) is 3.04. The van der Waals surface area contributed by atoms with Crippen molar-refractivity contribution in [3.63, 3.8) is 0 Å². The summed E-state index contributed by atoms with van der Waals surface area (Å²) in [6.07, 6.45) is 1.84. The van der Waals surface area contributed by atoms with E-state index in [4.69, 9.17) is 5.73 Å². The van der Waals surface area contributed by atoms with E-state index < -0.39 is 0 Å². The average molecular weight is 207 g/mol. The monoisotopic (exact) mass is 207 g/mol. The molecule has 0 bridgehead atoms. The van der Waals surface area contributed by atoms with Crippen molar-refractivity contribution in [2.24, 2.45) is 5.73 Å². The van der Waals surface area contributed by atoms with Gasteiger partial charge in [-0.3, -0.25) is 9.88 Å². The maximum atomic E-state index is 5.74. The molecule has 15 heavy (non-hydrogen) atoms. The van der Waals surface area contributed by atoms with Crippen LogP contribution in [0.1, 0.15) is 25.1 Å². The summed E-state index contributed by atoms with van der Waals surface area (Å²) in [7, 11) is 2.08. The summed E-state index contributed by atoms with van der Waals surface area (Å²) in [4.78, 5) is 6.62. The van der Waals surface area contributed by atoms with Crippen molar-refractivity contribution in [3.05, 3.63) is 29.6 Å². The first kappa shape index (κ1) is 12.1. The molecule has 0 amide bonds. The SMILES string of the molecule is Cc1cccnc1CN(C)C(C)(C)CN. The van der Waals surface area contributed by atoms with E-state index in [1.165, 1.54) is 5.56 Å². The first-order valence-electron chi connectivity index (χ1n) is 5.29. The molecule has 1 aromatic rings. The Balaban J connectivity index is 2.75. The second kappa shape index (κ2) is 4.73. The van der Waals surface area contributed by atoms with Gasteiger partial charge in [0.2, 0.25) is 0 Å². The van der Waals surface area contributed by atoms with Gasteiger partial charge < -0.3 is 5.73 Å². The molecule has 0 fully saturated rings. The minimum atomic E-state index is 0.0178. The van der Waals surface area contributed by atoms with Gasteiger partial charge in [-0.15, -0.1) is 0 Å². The summed E-state index contributed by atoms with van der Waals surface area (Å²) >= 11 is 0. The average Bonchev–Trinajstić information content (AvgIpc) is 2.21. The molecule has 0 radical (unpaired) electrons. The van der Waals surface area contributed by atoms with E-state index in [0.717, 1.165) is 12.2 Å². The fraction of sp³-hybridized carbons (Fsp3) is 0.583. The molecule has 84 valence electrons. The molecule has 1 aromatic heterocycles. The lowest BCUT2D eigenvalue weighted by molar-refractivity contribution is 0.153. The summed E-state index contributed by atoms with van der Waals surface area (Å²) in [6.45, 7) is 7.87. The van der Waals surface area contributed by atoms with Gasteiger partial charge >= 0.3 is 0 Å². The maximum Gasteiger partial charge on any atom is 0.0573 e. The van der Waals surface area contributed by atoms with E-state index >= 15 is 0 Å². The van der Waals surface area contributed by atoms with Crippen molar-refractivity contribution >= 4 is 0 Å². The van der Waals surface area contributed by atoms with Crippen LogP contribution in [0, 0.1) is 6.92 Å². The number of aryl methyl sites for hydroxylation is 1. The Labute approximate surface area is 92.3 Å². The molecule has 0 aliphatic carbocycles. The molecule has 2 N–H and O–H groups in total. The van der Waals surface area contributed by atoms with Gasteiger partial charge in [-0.2, -0.15) is 0 Å². The predicted octanol–water partition coefficient (Wildman–Crippen LogP) is 1.56. The maximum absolute atomic E-state index is 5.74. The Morgan fingerprint density at radius 3 is 2.67 bits per heavy atom. The summed E-state index contributed by atoms with van der Waals surface area (Å²) in [5.74, 6) is 0. The molecule has 3 heteroatoms. The quantitative estimate of drug-likeness (QED) is 0.814. The van der Waals surface area contributed by atoms with Crippen molar-refractivity contribution in [3.8, 4) is 0 Å². The Kier molecular flexibility index (Phi) is 3.83. The van der Waals surface area contributed by atoms with Crippen LogP contribution in [0.2, 0.25) is 0 Å². The van der Waals surface area contributed by atoms with E-state index in [1.807, 2.05) is 12.3 Å². The topological polar surface area (TPSA) is 42.2 Å². The third-order valence-corrected chi connectivity index (χ3v) is 3.04. The van der Waals surface area contributed by atoms with Crippen molar-refractivity contribution in [2.45, 2.75) is 32.9 Å². The number of aromatic nitrogens is 1. The molecular weight excluding hydrogens is 186 g/mol. The minimum Gasteiger partial charge on any atom is -0.329 e. The van der Waals surface area contributed by atoms with Gasteiger partial charge in [-0.05, 0) is 39.4 Å². The summed E-state index contributed by atoms with van der Waals surface area (Å²) in [5, 5.41) is 0. The van der Waals surface area contributed by atoms with Crippen LogP contribution in [-0.4, -0.2) is 29.0 Å². The van der Waals surface area contributed by atoms with Crippen LogP contribution in [0.4, 0.5) is 0 Å². The highest BCUT2D eigenvalue weighted by Gasteiger charge is 2.22. The van der Waals surface area contributed by atoms with Gasteiger partial charge in [0.15, 0.2) is 0 Å². The smallest absolute Gasteiger partial charge is 0.0573 e. The van der Waals surface area contributed by atoms with Crippen LogP contribution < -0.4 is 5.73 Å². The third kappa shape index (κ3) is 3.01. The fourth-order valence-electron chi connectivity index (χ4n) is 1.28. The van der Waals surface area contributed by atoms with Gasteiger partial charge in [-0.1, -0.05) is 6.07 Å². The van der Waals surface area contributed by atoms with Gasteiger partial charge in [0.1, 0.15) is 0 Å². The van der Waals surface area contributed by atoms with Crippen LogP contribution in [0.15, 0.2) is 18.3 Å². The Morgan fingerprint density at radius 2 is 2.13 bits per heavy atom. The number of pyridine rings is 1. The van der Waals surface area contributed by atoms with Crippen molar-refractivity contribution < 1.29 is 0 Å². The highest BCUT2D eigenvalue weighted by molar-refractivity contribution is 5.17. The zero-order valence-corrected chi connectivity index (χ0v) is 10.1. The van der Waals surface area contributed by atoms with Crippen LogP contribution in [0.5, 0.6) is 0 Å². The zero-order chi connectivity index (χ0) is 11.5. The van der Waals surface area contributed by atoms with E-state index in [9.17, 15) is 0 Å². The lowest BCUT2D eigenvalue weighted by atomic mass is 10.0. The first-order chi connectivity index (χ1) is 6.97. The van der Waals surface area contributed by atoms with E-state index in [0.29, 0.717) is 6.54 Å². The number of rotatable bonds is 4. The normalized spacial score (nSPS) is 12.1. The van der Waals surface area contributed by atoms with Gasteiger partial charge in [0.05, 0.1) is 5.69 Å². The molecule has 0 spiro atoms. The number of hydrogen-bond acceptors (Lipinski definition) is 3. The van der Waals surface area contributed by atoms with E-state index in [1.54, 1.807) is 0 Å². The zero-order valence-electron chi connectivity index (χ0n) is 10.1. The van der Waals surface area contributed by atoms with Crippen LogP contribution in [0.3, 0.4) is 0 Å². The molecule has 0 aliphatic heterocycles. The Hall–Kier alpha value is -0.930. The van der Waals surface area contributed by atoms with Crippen molar-refractivity contribution in [2.75, 3.05) is 13.6 Å². The molecule has 1 rings (SSSR count). The molecule has 0 aromatic carbocycles.